The third kappa shape index (κ3) is 3.78. The zero-order valence-electron chi connectivity index (χ0n) is 11.8. The van der Waals surface area contributed by atoms with Crippen molar-refractivity contribution < 1.29 is 9.13 Å². The van der Waals surface area contributed by atoms with Gasteiger partial charge in [0.2, 0.25) is 0 Å². The summed E-state index contributed by atoms with van der Waals surface area (Å²) in [5.41, 5.74) is 1.47. The molecular formula is C16H19FN2O. The van der Waals surface area contributed by atoms with Crippen molar-refractivity contribution in [2.45, 2.75) is 26.5 Å². The largest absolute Gasteiger partial charge is 0.487 e. The summed E-state index contributed by atoms with van der Waals surface area (Å²) in [6, 6.07) is 10.6. The van der Waals surface area contributed by atoms with Crippen molar-refractivity contribution in [1.29, 1.82) is 0 Å². The van der Waals surface area contributed by atoms with Crippen LogP contribution in [0.1, 0.15) is 31.1 Å². The molecule has 0 amide bonds. The first-order chi connectivity index (χ1) is 9.70. The molecule has 4 heteroatoms. The molecule has 2 rings (SSSR count). The summed E-state index contributed by atoms with van der Waals surface area (Å²) in [5, 5.41) is 3.19. The van der Waals surface area contributed by atoms with Crippen molar-refractivity contribution in [1.82, 2.24) is 10.3 Å². The molecule has 2 aromatic rings. The van der Waals surface area contributed by atoms with Crippen LogP contribution in [0.2, 0.25) is 0 Å². The highest BCUT2D eigenvalue weighted by Crippen LogP contribution is 2.22. The average Bonchev–Trinajstić information content (AvgIpc) is 2.46. The van der Waals surface area contributed by atoms with Crippen LogP contribution in [0.15, 0.2) is 42.6 Å². The highest BCUT2D eigenvalue weighted by atomic mass is 19.1. The number of aromatic nitrogens is 1. The molecule has 0 aliphatic heterocycles. The molecule has 0 saturated carbocycles. The van der Waals surface area contributed by atoms with E-state index < -0.39 is 0 Å². The Morgan fingerprint density at radius 2 is 2.15 bits per heavy atom. The fraction of sp³-hybridized carbons (Fsp3) is 0.312. The van der Waals surface area contributed by atoms with Crippen molar-refractivity contribution in [2.24, 2.45) is 0 Å². The van der Waals surface area contributed by atoms with E-state index in [4.69, 9.17) is 4.74 Å². The van der Waals surface area contributed by atoms with Crippen LogP contribution < -0.4 is 10.1 Å². The Bertz CT molecular complexity index is 545. The number of halogens is 1. The average molecular weight is 274 g/mol. The molecule has 0 bridgehead atoms. The second kappa shape index (κ2) is 7.01. The monoisotopic (exact) mass is 274 g/mol. The summed E-state index contributed by atoms with van der Waals surface area (Å²) in [4.78, 5) is 4.16. The molecule has 0 spiro atoms. The number of pyridine rings is 1. The second-order valence-electron chi connectivity index (χ2n) is 4.57. The maximum Gasteiger partial charge on any atom is 0.131 e. The first-order valence-electron chi connectivity index (χ1n) is 6.76. The number of ether oxygens (including phenoxy) is 1. The molecule has 1 atom stereocenters. The quantitative estimate of drug-likeness (QED) is 0.875. The Kier molecular flexibility index (Phi) is 5.07. The van der Waals surface area contributed by atoms with E-state index in [1.54, 1.807) is 18.3 Å². The Hall–Kier alpha value is -1.94. The zero-order valence-corrected chi connectivity index (χ0v) is 11.8. The minimum atomic E-state index is -0.253. The van der Waals surface area contributed by atoms with Crippen LogP contribution in [0.25, 0.3) is 0 Å². The van der Waals surface area contributed by atoms with Gasteiger partial charge in [-0.25, -0.2) is 4.39 Å². The van der Waals surface area contributed by atoms with Gasteiger partial charge in [0, 0.05) is 23.9 Å². The van der Waals surface area contributed by atoms with Gasteiger partial charge in [0.25, 0.3) is 0 Å². The highest BCUT2D eigenvalue weighted by molar-refractivity contribution is 5.30. The van der Waals surface area contributed by atoms with Crippen molar-refractivity contribution in [3.63, 3.8) is 0 Å². The van der Waals surface area contributed by atoms with Crippen LogP contribution in [0.5, 0.6) is 5.75 Å². The molecule has 0 fully saturated rings. The molecule has 0 saturated heterocycles. The molecule has 1 heterocycles. The lowest BCUT2D eigenvalue weighted by atomic mass is 10.1. The van der Waals surface area contributed by atoms with Crippen molar-refractivity contribution in [3.8, 4) is 5.75 Å². The minimum Gasteiger partial charge on any atom is -0.487 e. The normalized spacial score (nSPS) is 12.2. The molecule has 1 aromatic carbocycles. The molecule has 20 heavy (non-hydrogen) atoms. The summed E-state index contributed by atoms with van der Waals surface area (Å²) in [5.74, 6) is 0.262. The first kappa shape index (κ1) is 14.5. The molecule has 1 unspecified atom stereocenters. The van der Waals surface area contributed by atoms with E-state index in [9.17, 15) is 4.39 Å². The maximum atomic E-state index is 14.0. The van der Waals surface area contributed by atoms with Crippen LogP contribution in [0.4, 0.5) is 4.39 Å². The predicted octanol–water partition coefficient (Wildman–Crippen LogP) is 3.47. The third-order valence-electron chi connectivity index (χ3n) is 3.06. The van der Waals surface area contributed by atoms with Gasteiger partial charge in [-0.05, 0) is 31.7 Å². The van der Waals surface area contributed by atoms with Gasteiger partial charge in [0.1, 0.15) is 18.2 Å². The van der Waals surface area contributed by atoms with Gasteiger partial charge in [-0.1, -0.05) is 19.1 Å². The molecule has 1 N–H and O–H groups in total. The fourth-order valence-corrected chi connectivity index (χ4v) is 2.01. The third-order valence-corrected chi connectivity index (χ3v) is 3.06. The van der Waals surface area contributed by atoms with E-state index in [2.05, 4.69) is 10.3 Å². The highest BCUT2D eigenvalue weighted by Gasteiger charge is 2.10. The Labute approximate surface area is 118 Å². The number of rotatable bonds is 6. The Morgan fingerprint density at radius 3 is 2.80 bits per heavy atom. The van der Waals surface area contributed by atoms with Crippen molar-refractivity contribution >= 4 is 0 Å². The van der Waals surface area contributed by atoms with E-state index in [0.717, 1.165) is 12.2 Å². The van der Waals surface area contributed by atoms with Gasteiger partial charge in [0.05, 0.1) is 5.69 Å². The Morgan fingerprint density at radius 1 is 1.30 bits per heavy atom. The van der Waals surface area contributed by atoms with Crippen molar-refractivity contribution in [3.05, 3.63) is 59.7 Å². The standard InChI is InChI=1S/C16H19FN2O/c1-3-18-12(2)15-8-7-14(10-16(15)17)20-11-13-6-4-5-9-19-13/h4-10,12,18H,3,11H2,1-2H3. The lowest BCUT2D eigenvalue weighted by molar-refractivity contribution is 0.299. The number of hydrogen-bond acceptors (Lipinski definition) is 3. The summed E-state index contributed by atoms with van der Waals surface area (Å²) in [6.45, 7) is 5.08. The fourth-order valence-electron chi connectivity index (χ4n) is 2.01. The van der Waals surface area contributed by atoms with Gasteiger partial charge in [-0.3, -0.25) is 4.98 Å². The molecule has 1 aromatic heterocycles. The van der Waals surface area contributed by atoms with Crippen LogP contribution in [-0.4, -0.2) is 11.5 Å². The summed E-state index contributed by atoms with van der Waals surface area (Å²) < 4.78 is 19.6. The van der Waals surface area contributed by atoms with E-state index in [1.165, 1.54) is 6.07 Å². The molecule has 0 aliphatic carbocycles. The van der Waals surface area contributed by atoms with Crippen molar-refractivity contribution in [2.75, 3.05) is 6.54 Å². The van der Waals surface area contributed by atoms with E-state index in [0.29, 0.717) is 17.9 Å². The van der Waals surface area contributed by atoms with E-state index in [-0.39, 0.29) is 11.9 Å². The topological polar surface area (TPSA) is 34.1 Å². The molecule has 0 radical (unpaired) electrons. The number of nitrogens with one attached hydrogen (secondary N) is 1. The van der Waals surface area contributed by atoms with Crippen LogP contribution >= 0.6 is 0 Å². The summed E-state index contributed by atoms with van der Waals surface area (Å²) in [7, 11) is 0. The lowest BCUT2D eigenvalue weighted by Crippen LogP contribution is -2.18. The first-order valence-corrected chi connectivity index (χ1v) is 6.76. The SMILES string of the molecule is CCNC(C)c1ccc(OCc2ccccn2)cc1F. The smallest absolute Gasteiger partial charge is 0.131 e. The van der Waals surface area contributed by atoms with Gasteiger partial charge in [0.15, 0.2) is 0 Å². The van der Waals surface area contributed by atoms with Gasteiger partial charge >= 0.3 is 0 Å². The molecule has 3 nitrogen and oxygen atoms in total. The molecule has 0 aliphatic rings. The van der Waals surface area contributed by atoms with Gasteiger partial charge < -0.3 is 10.1 Å². The second-order valence-corrected chi connectivity index (χ2v) is 4.57. The van der Waals surface area contributed by atoms with Crippen LogP contribution in [0, 0.1) is 5.82 Å². The van der Waals surface area contributed by atoms with E-state index in [1.807, 2.05) is 32.0 Å². The van der Waals surface area contributed by atoms with E-state index >= 15 is 0 Å². The Balaban J connectivity index is 2.02. The molecule has 106 valence electrons. The summed E-state index contributed by atoms with van der Waals surface area (Å²) >= 11 is 0. The van der Waals surface area contributed by atoms with Crippen LogP contribution in [0.3, 0.4) is 0 Å². The minimum absolute atomic E-state index is 0.00941. The lowest BCUT2D eigenvalue weighted by Gasteiger charge is -2.14. The summed E-state index contributed by atoms with van der Waals surface area (Å²) in [6.07, 6.45) is 1.71. The molecular weight excluding hydrogens is 255 g/mol. The van der Waals surface area contributed by atoms with Gasteiger partial charge in [-0.15, -0.1) is 0 Å². The number of nitrogens with zero attached hydrogens (tertiary/aromatic N) is 1. The number of benzene rings is 1. The maximum absolute atomic E-state index is 14.0. The van der Waals surface area contributed by atoms with Crippen LogP contribution in [-0.2, 0) is 6.61 Å². The number of hydrogen-bond donors (Lipinski definition) is 1. The predicted molar refractivity (Wildman–Crippen MR) is 77.1 cm³/mol. The van der Waals surface area contributed by atoms with Gasteiger partial charge in [-0.2, -0.15) is 0 Å². The zero-order chi connectivity index (χ0) is 14.4.